The van der Waals surface area contributed by atoms with E-state index >= 15 is 0 Å². The first-order chi connectivity index (χ1) is 9.41. The van der Waals surface area contributed by atoms with Crippen LogP contribution in [0.3, 0.4) is 0 Å². The predicted molar refractivity (Wildman–Crippen MR) is 85.0 cm³/mol. The van der Waals surface area contributed by atoms with Crippen LogP contribution in [0, 0.1) is 0 Å². The summed E-state index contributed by atoms with van der Waals surface area (Å²) in [5.41, 5.74) is 6.18. The molecule has 2 rings (SSSR count). The normalized spacial score (nSPS) is 13.9. The Hall–Kier alpha value is -1.10. The standard InChI is InChI=1S/C16H24N2OS/c1-16(2,3)15-8-7-14(20-15)13(10-17)18(4)11-12-6-5-9-19-12/h5-9,13H,10-11,17H2,1-4H3. The fourth-order valence-corrected chi connectivity index (χ4v) is 3.45. The summed E-state index contributed by atoms with van der Waals surface area (Å²) in [5.74, 6) is 0.971. The molecule has 3 nitrogen and oxygen atoms in total. The molecular formula is C16H24N2OS. The van der Waals surface area contributed by atoms with E-state index in [1.165, 1.54) is 9.75 Å². The number of thiophene rings is 1. The Morgan fingerprint density at radius 2 is 2.05 bits per heavy atom. The van der Waals surface area contributed by atoms with Crippen molar-refractivity contribution in [1.29, 1.82) is 0 Å². The molecule has 0 saturated heterocycles. The number of hydrogen-bond donors (Lipinski definition) is 1. The van der Waals surface area contributed by atoms with Gasteiger partial charge in [-0.3, -0.25) is 4.90 Å². The van der Waals surface area contributed by atoms with Crippen molar-refractivity contribution in [2.24, 2.45) is 5.73 Å². The molecule has 0 saturated carbocycles. The third-order valence-corrected chi connectivity index (χ3v) is 5.05. The third kappa shape index (κ3) is 3.51. The van der Waals surface area contributed by atoms with Crippen molar-refractivity contribution >= 4 is 11.3 Å². The molecule has 110 valence electrons. The van der Waals surface area contributed by atoms with Gasteiger partial charge in [0.05, 0.1) is 18.8 Å². The van der Waals surface area contributed by atoms with Gasteiger partial charge in [-0.15, -0.1) is 11.3 Å². The molecular weight excluding hydrogens is 268 g/mol. The molecule has 2 heterocycles. The van der Waals surface area contributed by atoms with Gasteiger partial charge in [-0.05, 0) is 36.7 Å². The van der Waals surface area contributed by atoms with Crippen molar-refractivity contribution in [3.05, 3.63) is 46.0 Å². The van der Waals surface area contributed by atoms with E-state index in [2.05, 4.69) is 44.9 Å². The molecule has 0 aliphatic rings. The van der Waals surface area contributed by atoms with Crippen molar-refractivity contribution in [3.63, 3.8) is 0 Å². The molecule has 0 spiro atoms. The molecule has 0 aliphatic heterocycles. The van der Waals surface area contributed by atoms with Crippen molar-refractivity contribution in [1.82, 2.24) is 4.90 Å². The number of hydrogen-bond acceptors (Lipinski definition) is 4. The Balaban J connectivity index is 2.13. The van der Waals surface area contributed by atoms with E-state index in [4.69, 9.17) is 10.2 Å². The summed E-state index contributed by atoms with van der Waals surface area (Å²) in [6.45, 7) is 8.12. The maximum Gasteiger partial charge on any atom is 0.117 e. The van der Waals surface area contributed by atoms with Gasteiger partial charge in [-0.1, -0.05) is 20.8 Å². The predicted octanol–water partition coefficient (Wildman–Crippen LogP) is 3.77. The molecule has 0 aromatic carbocycles. The van der Waals surface area contributed by atoms with E-state index < -0.39 is 0 Å². The first-order valence-corrected chi connectivity index (χ1v) is 7.76. The van der Waals surface area contributed by atoms with E-state index in [1.54, 1.807) is 6.26 Å². The minimum absolute atomic E-state index is 0.196. The van der Waals surface area contributed by atoms with Gasteiger partial charge in [0.15, 0.2) is 0 Å². The maximum absolute atomic E-state index is 5.99. The average Bonchev–Trinajstić information content (AvgIpc) is 3.00. The Labute approximate surface area is 125 Å². The number of nitrogens with zero attached hydrogens (tertiary/aromatic N) is 1. The molecule has 0 bridgehead atoms. The lowest BCUT2D eigenvalue weighted by Crippen LogP contribution is -2.29. The Morgan fingerprint density at radius 1 is 1.30 bits per heavy atom. The molecule has 0 radical (unpaired) electrons. The summed E-state index contributed by atoms with van der Waals surface area (Å²) in [4.78, 5) is 4.97. The second kappa shape index (κ2) is 6.12. The van der Waals surface area contributed by atoms with Crippen LogP contribution >= 0.6 is 11.3 Å². The molecule has 2 aromatic rings. The highest BCUT2D eigenvalue weighted by Gasteiger charge is 2.22. The molecule has 0 aliphatic carbocycles. The van der Waals surface area contributed by atoms with Crippen LogP contribution in [0.25, 0.3) is 0 Å². The van der Waals surface area contributed by atoms with Crippen LogP contribution in [0.2, 0.25) is 0 Å². The SMILES string of the molecule is CN(Cc1ccco1)C(CN)c1ccc(C(C)(C)C)s1. The lowest BCUT2D eigenvalue weighted by atomic mass is 9.95. The van der Waals surface area contributed by atoms with Crippen molar-refractivity contribution in [3.8, 4) is 0 Å². The van der Waals surface area contributed by atoms with Crippen LogP contribution in [0.5, 0.6) is 0 Å². The first kappa shape index (κ1) is 15.3. The smallest absolute Gasteiger partial charge is 0.117 e. The van der Waals surface area contributed by atoms with E-state index in [9.17, 15) is 0 Å². The van der Waals surface area contributed by atoms with Gasteiger partial charge >= 0.3 is 0 Å². The largest absolute Gasteiger partial charge is 0.468 e. The van der Waals surface area contributed by atoms with Gasteiger partial charge in [-0.25, -0.2) is 0 Å². The zero-order valence-electron chi connectivity index (χ0n) is 12.7. The summed E-state index contributed by atoms with van der Waals surface area (Å²) in [7, 11) is 2.09. The van der Waals surface area contributed by atoms with Gasteiger partial charge < -0.3 is 10.2 Å². The Bertz CT molecular complexity index is 525. The number of furan rings is 1. The number of nitrogens with two attached hydrogens (primary N) is 1. The van der Waals surface area contributed by atoms with Crippen molar-refractivity contribution in [2.75, 3.05) is 13.6 Å². The lowest BCUT2D eigenvalue weighted by molar-refractivity contribution is 0.226. The van der Waals surface area contributed by atoms with Crippen LogP contribution in [-0.2, 0) is 12.0 Å². The van der Waals surface area contributed by atoms with E-state index in [0.29, 0.717) is 6.54 Å². The topological polar surface area (TPSA) is 42.4 Å². The molecule has 1 atom stereocenters. The monoisotopic (exact) mass is 292 g/mol. The summed E-state index contributed by atoms with van der Waals surface area (Å²) < 4.78 is 5.42. The lowest BCUT2D eigenvalue weighted by Gasteiger charge is -2.25. The highest BCUT2D eigenvalue weighted by atomic mass is 32.1. The fraction of sp³-hybridized carbons (Fsp3) is 0.500. The van der Waals surface area contributed by atoms with E-state index in [0.717, 1.165) is 12.3 Å². The van der Waals surface area contributed by atoms with E-state index in [1.807, 2.05) is 23.5 Å². The van der Waals surface area contributed by atoms with E-state index in [-0.39, 0.29) is 11.5 Å². The van der Waals surface area contributed by atoms with Crippen molar-refractivity contribution in [2.45, 2.75) is 38.8 Å². The van der Waals surface area contributed by atoms with Crippen LogP contribution in [0.15, 0.2) is 34.9 Å². The summed E-state index contributed by atoms with van der Waals surface area (Å²) in [6.07, 6.45) is 1.71. The molecule has 1 unspecified atom stereocenters. The Kier molecular flexibility index (Phi) is 4.68. The molecule has 0 fully saturated rings. The first-order valence-electron chi connectivity index (χ1n) is 6.94. The highest BCUT2D eigenvalue weighted by Crippen LogP contribution is 2.34. The van der Waals surface area contributed by atoms with Gasteiger partial charge in [0.1, 0.15) is 5.76 Å². The zero-order valence-corrected chi connectivity index (χ0v) is 13.5. The molecule has 2 N–H and O–H groups in total. The maximum atomic E-state index is 5.99. The van der Waals surface area contributed by atoms with Crippen LogP contribution < -0.4 is 5.73 Å². The van der Waals surface area contributed by atoms with Crippen LogP contribution in [0.4, 0.5) is 0 Å². The highest BCUT2D eigenvalue weighted by molar-refractivity contribution is 7.12. The quantitative estimate of drug-likeness (QED) is 0.912. The summed E-state index contributed by atoms with van der Waals surface area (Å²) >= 11 is 1.86. The van der Waals surface area contributed by atoms with Gasteiger partial charge in [0.25, 0.3) is 0 Å². The number of rotatable bonds is 5. The van der Waals surface area contributed by atoms with Crippen LogP contribution in [0.1, 0.15) is 42.3 Å². The molecule has 0 amide bonds. The fourth-order valence-electron chi connectivity index (χ4n) is 2.21. The minimum atomic E-state index is 0.196. The number of likely N-dealkylation sites (N-methyl/N-ethyl adjacent to an activating group) is 1. The minimum Gasteiger partial charge on any atom is -0.468 e. The van der Waals surface area contributed by atoms with Crippen molar-refractivity contribution < 1.29 is 4.42 Å². The van der Waals surface area contributed by atoms with Gasteiger partial charge in [0, 0.05) is 16.3 Å². The molecule has 4 heteroatoms. The average molecular weight is 292 g/mol. The van der Waals surface area contributed by atoms with Gasteiger partial charge in [0.2, 0.25) is 0 Å². The zero-order chi connectivity index (χ0) is 14.8. The van der Waals surface area contributed by atoms with Crippen LogP contribution in [-0.4, -0.2) is 18.5 Å². The summed E-state index contributed by atoms with van der Waals surface area (Å²) in [5, 5.41) is 0. The van der Waals surface area contributed by atoms with Gasteiger partial charge in [-0.2, -0.15) is 0 Å². The Morgan fingerprint density at radius 3 is 2.55 bits per heavy atom. The summed E-state index contributed by atoms with van der Waals surface area (Å²) in [6, 6.07) is 8.59. The second-order valence-electron chi connectivity index (χ2n) is 6.20. The second-order valence-corrected chi connectivity index (χ2v) is 7.31. The molecule has 20 heavy (non-hydrogen) atoms. The third-order valence-electron chi connectivity index (χ3n) is 3.44. The molecule has 2 aromatic heterocycles.